The number of rotatable bonds is 3. The highest BCUT2D eigenvalue weighted by molar-refractivity contribution is 5.99. The van der Waals surface area contributed by atoms with Gasteiger partial charge in [0, 0.05) is 11.1 Å². The lowest BCUT2D eigenvalue weighted by molar-refractivity contribution is -0.166. The molecule has 0 fully saturated rings. The second-order valence-electron chi connectivity index (χ2n) is 5.02. The molecule has 0 radical (unpaired) electrons. The third-order valence-electron chi connectivity index (χ3n) is 3.46. The van der Waals surface area contributed by atoms with Gasteiger partial charge in [-0.15, -0.1) is 0 Å². The normalized spacial score (nSPS) is 20.2. The third-order valence-corrected chi connectivity index (χ3v) is 3.46. The predicted octanol–water partition coefficient (Wildman–Crippen LogP) is 2.99. The average molecular weight is 294 g/mol. The van der Waals surface area contributed by atoms with E-state index in [1.54, 1.807) is 55.5 Å². The SMILES string of the molecule is CC1=CC(C(=O)Oc2ccccc2)(c2ccccc2)OC1=O. The lowest BCUT2D eigenvalue weighted by Gasteiger charge is -2.24. The number of para-hydroxylation sites is 1. The summed E-state index contributed by atoms with van der Waals surface area (Å²) in [4.78, 5) is 24.5. The van der Waals surface area contributed by atoms with Gasteiger partial charge in [0.25, 0.3) is 5.60 Å². The Kier molecular flexibility index (Phi) is 3.51. The summed E-state index contributed by atoms with van der Waals surface area (Å²) in [6.45, 7) is 1.61. The van der Waals surface area contributed by atoms with Gasteiger partial charge in [-0.25, -0.2) is 9.59 Å². The molecule has 1 unspecified atom stereocenters. The minimum Gasteiger partial charge on any atom is -0.434 e. The quantitative estimate of drug-likeness (QED) is 0.645. The van der Waals surface area contributed by atoms with Gasteiger partial charge in [-0.2, -0.15) is 0 Å². The van der Waals surface area contributed by atoms with Crippen LogP contribution in [0.4, 0.5) is 0 Å². The molecule has 1 aliphatic rings. The van der Waals surface area contributed by atoms with Crippen molar-refractivity contribution in [1.82, 2.24) is 0 Å². The molecule has 0 saturated heterocycles. The summed E-state index contributed by atoms with van der Waals surface area (Å²) in [7, 11) is 0. The second-order valence-corrected chi connectivity index (χ2v) is 5.02. The van der Waals surface area contributed by atoms with Crippen LogP contribution in [0.2, 0.25) is 0 Å². The molecule has 1 heterocycles. The summed E-state index contributed by atoms with van der Waals surface area (Å²) in [6, 6.07) is 17.5. The van der Waals surface area contributed by atoms with E-state index in [1.807, 2.05) is 12.1 Å². The molecule has 22 heavy (non-hydrogen) atoms. The molecular weight excluding hydrogens is 280 g/mol. The van der Waals surface area contributed by atoms with E-state index in [0.717, 1.165) is 0 Å². The van der Waals surface area contributed by atoms with Crippen molar-refractivity contribution in [2.75, 3.05) is 0 Å². The molecule has 0 saturated carbocycles. The Morgan fingerprint density at radius 2 is 1.59 bits per heavy atom. The van der Waals surface area contributed by atoms with Gasteiger partial charge in [-0.3, -0.25) is 0 Å². The molecule has 0 bridgehead atoms. The number of benzene rings is 2. The summed E-state index contributed by atoms with van der Waals surface area (Å²) in [6.07, 6.45) is 1.51. The Labute approximate surface area is 128 Å². The summed E-state index contributed by atoms with van der Waals surface area (Å²) >= 11 is 0. The Morgan fingerprint density at radius 3 is 2.14 bits per heavy atom. The molecule has 1 atom stereocenters. The number of ether oxygens (including phenoxy) is 2. The van der Waals surface area contributed by atoms with Crippen molar-refractivity contribution in [3.63, 3.8) is 0 Å². The van der Waals surface area contributed by atoms with Crippen LogP contribution in [0.3, 0.4) is 0 Å². The molecule has 4 nitrogen and oxygen atoms in total. The zero-order chi connectivity index (χ0) is 15.6. The first-order chi connectivity index (χ1) is 10.6. The standard InChI is InChI=1S/C18H14O4/c1-13-12-18(22-16(13)19,14-8-4-2-5-9-14)17(20)21-15-10-6-3-7-11-15/h2-12H,1H3. The third kappa shape index (κ3) is 2.39. The largest absolute Gasteiger partial charge is 0.434 e. The lowest BCUT2D eigenvalue weighted by Crippen LogP contribution is -2.38. The maximum Gasteiger partial charge on any atom is 0.365 e. The minimum absolute atomic E-state index is 0.383. The van der Waals surface area contributed by atoms with Crippen LogP contribution in [0, 0.1) is 0 Å². The van der Waals surface area contributed by atoms with E-state index in [1.165, 1.54) is 6.08 Å². The molecule has 2 aromatic carbocycles. The number of cyclic esters (lactones) is 1. The van der Waals surface area contributed by atoms with Crippen LogP contribution in [0.5, 0.6) is 5.75 Å². The molecule has 0 N–H and O–H groups in total. The number of carbonyl (C=O) groups is 2. The van der Waals surface area contributed by atoms with Crippen molar-refractivity contribution in [3.05, 3.63) is 77.9 Å². The van der Waals surface area contributed by atoms with Crippen molar-refractivity contribution in [3.8, 4) is 5.75 Å². The first kappa shape index (κ1) is 14.1. The van der Waals surface area contributed by atoms with Crippen LogP contribution < -0.4 is 4.74 Å². The predicted molar refractivity (Wildman–Crippen MR) is 80.0 cm³/mol. The Bertz CT molecular complexity index is 734. The fourth-order valence-electron chi connectivity index (χ4n) is 2.34. The van der Waals surface area contributed by atoms with Crippen LogP contribution in [-0.4, -0.2) is 11.9 Å². The lowest BCUT2D eigenvalue weighted by atomic mass is 9.93. The highest BCUT2D eigenvalue weighted by Crippen LogP contribution is 2.36. The number of carbonyl (C=O) groups excluding carboxylic acids is 2. The van der Waals surface area contributed by atoms with Gasteiger partial charge in [0.15, 0.2) is 0 Å². The van der Waals surface area contributed by atoms with E-state index < -0.39 is 17.5 Å². The van der Waals surface area contributed by atoms with Crippen molar-refractivity contribution < 1.29 is 19.1 Å². The minimum atomic E-state index is -1.53. The van der Waals surface area contributed by atoms with Gasteiger partial charge < -0.3 is 9.47 Å². The molecular formula is C18H14O4. The van der Waals surface area contributed by atoms with Crippen LogP contribution in [-0.2, 0) is 19.9 Å². The van der Waals surface area contributed by atoms with E-state index in [4.69, 9.17) is 9.47 Å². The maximum absolute atomic E-state index is 12.7. The Balaban J connectivity index is 2.00. The summed E-state index contributed by atoms with van der Waals surface area (Å²) in [5.74, 6) is -0.763. The maximum atomic E-state index is 12.7. The second kappa shape index (κ2) is 5.48. The number of hydrogen-bond donors (Lipinski definition) is 0. The highest BCUT2D eigenvalue weighted by atomic mass is 16.6. The zero-order valence-electron chi connectivity index (χ0n) is 12.0. The number of hydrogen-bond acceptors (Lipinski definition) is 4. The fraction of sp³-hybridized carbons (Fsp3) is 0.111. The molecule has 3 rings (SSSR count). The highest BCUT2D eigenvalue weighted by Gasteiger charge is 2.49. The molecule has 0 amide bonds. The van der Waals surface area contributed by atoms with Crippen LogP contribution in [0.25, 0.3) is 0 Å². The van der Waals surface area contributed by atoms with Crippen molar-refractivity contribution in [2.45, 2.75) is 12.5 Å². The Hall–Kier alpha value is -2.88. The van der Waals surface area contributed by atoms with Crippen LogP contribution in [0.15, 0.2) is 72.3 Å². The van der Waals surface area contributed by atoms with Gasteiger partial charge in [-0.05, 0) is 25.1 Å². The van der Waals surface area contributed by atoms with Gasteiger partial charge in [-0.1, -0.05) is 48.5 Å². The van der Waals surface area contributed by atoms with Gasteiger partial charge >= 0.3 is 11.9 Å². The van der Waals surface area contributed by atoms with E-state index in [9.17, 15) is 9.59 Å². The summed E-state index contributed by atoms with van der Waals surface area (Å²) < 4.78 is 10.8. The van der Waals surface area contributed by atoms with E-state index in [2.05, 4.69) is 0 Å². The monoisotopic (exact) mass is 294 g/mol. The summed E-state index contributed by atoms with van der Waals surface area (Å²) in [5, 5.41) is 0. The van der Waals surface area contributed by atoms with E-state index in [-0.39, 0.29) is 0 Å². The molecule has 0 spiro atoms. The van der Waals surface area contributed by atoms with E-state index in [0.29, 0.717) is 16.9 Å². The fourth-order valence-corrected chi connectivity index (χ4v) is 2.34. The smallest absolute Gasteiger partial charge is 0.365 e. The van der Waals surface area contributed by atoms with Crippen molar-refractivity contribution in [2.24, 2.45) is 0 Å². The van der Waals surface area contributed by atoms with Gasteiger partial charge in [0.2, 0.25) is 0 Å². The topological polar surface area (TPSA) is 52.6 Å². The molecule has 0 aromatic heterocycles. The molecule has 1 aliphatic heterocycles. The van der Waals surface area contributed by atoms with Gasteiger partial charge in [0.05, 0.1) is 0 Å². The Morgan fingerprint density at radius 1 is 1.00 bits per heavy atom. The van der Waals surface area contributed by atoms with Crippen molar-refractivity contribution >= 4 is 11.9 Å². The van der Waals surface area contributed by atoms with Crippen LogP contribution >= 0.6 is 0 Å². The first-order valence-electron chi connectivity index (χ1n) is 6.87. The van der Waals surface area contributed by atoms with Crippen molar-refractivity contribution in [1.29, 1.82) is 0 Å². The molecule has 2 aromatic rings. The first-order valence-corrected chi connectivity index (χ1v) is 6.87. The van der Waals surface area contributed by atoms with E-state index >= 15 is 0 Å². The average Bonchev–Trinajstić information content (AvgIpc) is 2.86. The number of esters is 2. The van der Waals surface area contributed by atoms with Crippen LogP contribution in [0.1, 0.15) is 12.5 Å². The molecule has 110 valence electrons. The van der Waals surface area contributed by atoms with Gasteiger partial charge in [0.1, 0.15) is 5.75 Å². The summed E-state index contributed by atoms with van der Waals surface area (Å²) in [5.41, 5.74) is -0.590. The molecule has 0 aliphatic carbocycles. The molecule has 4 heteroatoms. The zero-order valence-corrected chi connectivity index (χ0v) is 12.0.